The molecule has 0 N–H and O–H groups in total. The van der Waals surface area contributed by atoms with Crippen LogP contribution in [-0.4, -0.2) is 43.8 Å². The molecule has 1 fully saturated rings. The minimum absolute atomic E-state index is 0.0340. The average molecular weight is 394 g/mol. The monoisotopic (exact) mass is 393 g/mol. The van der Waals surface area contributed by atoms with Gasteiger partial charge in [-0.15, -0.1) is 0 Å². The molecule has 3 rings (SSSR count). The van der Waals surface area contributed by atoms with Crippen LogP contribution in [0.4, 0.5) is 0 Å². The highest BCUT2D eigenvalue weighted by Gasteiger charge is 2.52. The van der Waals surface area contributed by atoms with E-state index < -0.39 is 18.3 Å². The molecular formula is C17H21BClN3O3S. The van der Waals surface area contributed by atoms with E-state index in [1.165, 1.54) is 11.8 Å². The van der Waals surface area contributed by atoms with E-state index in [4.69, 9.17) is 20.9 Å². The van der Waals surface area contributed by atoms with Gasteiger partial charge in [-0.2, -0.15) is 5.10 Å². The van der Waals surface area contributed by atoms with Gasteiger partial charge in [-0.05, 0) is 51.4 Å². The van der Waals surface area contributed by atoms with Crippen LogP contribution >= 0.6 is 23.4 Å². The van der Waals surface area contributed by atoms with Gasteiger partial charge < -0.3 is 9.31 Å². The van der Waals surface area contributed by atoms with E-state index in [0.29, 0.717) is 16.6 Å². The maximum atomic E-state index is 11.5. The number of hydrogen-bond acceptors (Lipinski definition) is 6. The smallest absolute Gasteiger partial charge is 0.400 e. The fourth-order valence-corrected chi connectivity index (χ4v) is 3.24. The van der Waals surface area contributed by atoms with Crippen LogP contribution in [0.15, 0.2) is 23.8 Å². The molecule has 2 aromatic rings. The molecule has 9 heteroatoms. The molecule has 0 aliphatic carbocycles. The Morgan fingerprint density at radius 3 is 2.58 bits per heavy atom. The van der Waals surface area contributed by atoms with Crippen molar-refractivity contribution in [3.8, 4) is 0 Å². The summed E-state index contributed by atoms with van der Waals surface area (Å²) in [4.78, 5) is 15.8. The Balaban J connectivity index is 1.99. The Morgan fingerprint density at radius 2 is 1.96 bits per heavy atom. The second-order valence-electron chi connectivity index (χ2n) is 7.20. The maximum absolute atomic E-state index is 11.5. The van der Waals surface area contributed by atoms with Gasteiger partial charge >= 0.3 is 7.12 Å². The minimum atomic E-state index is -0.545. The second kappa shape index (κ2) is 7.00. The van der Waals surface area contributed by atoms with Gasteiger partial charge in [-0.1, -0.05) is 23.4 Å². The number of carbonyl (C=O) groups is 1. The lowest BCUT2D eigenvalue weighted by Crippen LogP contribution is -2.41. The number of carbonyl (C=O) groups excluding carboxylic acids is 1. The lowest BCUT2D eigenvalue weighted by atomic mass is 9.78. The molecule has 0 saturated carbocycles. The zero-order valence-electron chi connectivity index (χ0n) is 15.4. The fourth-order valence-electron chi connectivity index (χ4n) is 2.51. The Labute approximate surface area is 162 Å². The van der Waals surface area contributed by atoms with Crippen LogP contribution < -0.4 is 0 Å². The molecule has 0 unspecified atom stereocenters. The Morgan fingerprint density at radius 1 is 1.31 bits per heavy atom. The summed E-state index contributed by atoms with van der Waals surface area (Å²) in [7, 11) is -0.545. The van der Waals surface area contributed by atoms with Crippen molar-refractivity contribution in [2.75, 3.05) is 5.75 Å². The van der Waals surface area contributed by atoms with Gasteiger partial charge in [0, 0.05) is 12.7 Å². The van der Waals surface area contributed by atoms with Crippen LogP contribution in [0.1, 0.15) is 40.3 Å². The molecule has 1 aliphatic rings. The number of imidazole rings is 1. The van der Waals surface area contributed by atoms with E-state index in [0.717, 1.165) is 11.2 Å². The summed E-state index contributed by atoms with van der Waals surface area (Å²) in [6.45, 7) is 9.54. The first-order valence-electron chi connectivity index (χ1n) is 8.29. The zero-order chi connectivity index (χ0) is 19.1. The van der Waals surface area contributed by atoms with Crippen molar-refractivity contribution in [3.05, 3.63) is 34.6 Å². The van der Waals surface area contributed by atoms with Crippen LogP contribution in [-0.2, 0) is 14.1 Å². The van der Waals surface area contributed by atoms with E-state index in [-0.39, 0.29) is 5.12 Å². The van der Waals surface area contributed by atoms with Crippen LogP contribution in [0.25, 0.3) is 11.7 Å². The van der Waals surface area contributed by atoms with Crippen molar-refractivity contribution in [1.82, 2.24) is 14.6 Å². The van der Waals surface area contributed by atoms with Gasteiger partial charge in [-0.25, -0.2) is 9.50 Å². The van der Waals surface area contributed by atoms with Crippen molar-refractivity contribution < 1.29 is 14.1 Å². The average Bonchev–Trinajstić information content (AvgIpc) is 3.01. The highest BCUT2D eigenvalue weighted by Crippen LogP contribution is 2.39. The van der Waals surface area contributed by atoms with Crippen LogP contribution in [0, 0.1) is 0 Å². The molecule has 0 radical (unpaired) electrons. The molecule has 6 nitrogen and oxygen atoms in total. The largest absolute Gasteiger partial charge is 0.491 e. The van der Waals surface area contributed by atoms with Crippen LogP contribution in [0.3, 0.4) is 0 Å². The molecule has 26 heavy (non-hydrogen) atoms. The summed E-state index contributed by atoms with van der Waals surface area (Å²) in [6, 6.07) is 3.49. The third-order valence-corrected chi connectivity index (χ3v) is 5.77. The van der Waals surface area contributed by atoms with Gasteiger partial charge in [0.2, 0.25) is 0 Å². The molecular weight excluding hydrogens is 373 g/mol. The summed E-state index contributed by atoms with van der Waals surface area (Å²) in [5.41, 5.74) is 1.36. The van der Waals surface area contributed by atoms with Gasteiger partial charge in [0.1, 0.15) is 5.15 Å². The molecule has 1 aliphatic heterocycles. The van der Waals surface area contributed by atoms with Crippen molar-refractivity contribution >= 4 is 47.3 Å². The highest BCUT2D eigenvalue weighted by molar-refractivity contribution is 8.13. The molecule has 0 bridgehead atoms. The Kier molecular flexibility index (Phi) is 5.23. The first-order chi connectivity index (χ1) is 12.1. The summed E-state index contributed by atoms with van der Waals surface area (Å²) >= 11 is 7.22. The van der Waals surface area contributed by atoms with Gasteiger partial charge in [0.25, 0.3) is 0 Å². The fraction of sp³-hybridized carbons (Fsp3) is 0.471. The highest BCUT2D eigenvalue weighted by atomic mass is 35.5. The Hall–Kier alpha value is -1.35. The molecule has 138 valence electrons. The molecule has 2 aromatic heterocycles. The molecule has 0 atom stereocenters. The quantitative estimate of drug-likeness (QED) is 0.738. The number of hydrogen-bond donors (Lipinski definition) is 0. The van der Waals surface area contributed by atoms with Crippen molar-refractivity contribution in [1.29, 1.82) is 0 Å². The predicted molar refractivity (Wildman–Crippen MR) is 105 cm³/mol. The molecule has 0 amide bonds. The Bertz CT molecular complexity index is 865. The lowest BCUT2D eigenvalue weighted by Gasteiger charge is -2.32. The number of halogens is 1. The summed E-state index contributed by atoms with van der Waals surface area (Å²) in [5, 5.41) is 4.70. The van der Waals surface area contributed by atoms with Crippen molar-refractivity contribution in [3.63, 3.8) is 0 Å². The van der Waals surface area contributed by atoms with Crippen LogP contribution in [0.5, 0.6) is 0 Å². The summed E-state index contributed by atoms with van der Waals surface area (Å²) in [6.07, 6.45) is 3.61. The topological polar surface area (TPSA) is 65.7 Å². The number of fused-ring (bicyclic) bond motifs is 1. The van der Waals surface area contributed by atoms with E-state index >= 15 is 0 Å². The summed E-state index contributed by atoms with van der Waals surface area (Å²) < 4.78 is 14.0. The van der Waals surface area contributed by atoms with E-state index in [1.807, 2.05) is 33.8 Å². The lowest BCUT2D eigenvalue weighted by molar-refractivity contribution is -0.109. The third-order valence-electron chi connectivity index (χ3n) is 4.69. The van der Waals surface area contributed by atoms with Gasteiger partial charge in [-0.3, -0.25) is 4.79 Å². The number of aromatic nitrogens is 3. The molecule has 0 aromatic carbocycles. The molecule has 1 saturated heterocycles. The number of rotatable bonds is 4. The normalized spacial score (nSPS) is 19.3. The van der Waals surface area contributed by atoms with E-state index in [9.17, 15) is 4.79 Å². The van der Waals surface area contributed by atoms with Gasteiger partial charge in [0.15, 0.2) is 10.8 Å². The van der Waals surface area contributed by atoms with Crippen molar-refractivity contribution in [2.24, 2.45) is 0 Å². The third kappa shape index (κ3) is 3.83. The zero-order valence-corrected chi connectivity index (χ0v) is 17.0. The SMILES string of the molecule is CC(=O)SCC(=Cc1cnc2ccc(Cl)nn12)B1OC(C)(C)C(C)(C)O1. The van der Waals surface area contributed by atoms with Crippen LogP contribution in [0.2, 0.25) is 5.15 Å². The summed E-state index contributed by atoms with van der Waals surface area (Å²) in [5.74, 6) is 0.458. The predicted octanol–water partition coefficient (Wildman–Crippen LogP) is 3.68. The van der Waals surface area contributed by atoms with Crippen molar-refractivity contribution in [2.45, 2.75) is 45.8 Å². The first-order valence-corrected chi connectivity index (χ1v) is 9.65. The van der Waals surface area contributed by atoms with E-state index in [1.54, 1.807) is 29.8 Å². The second-order valence-corrected chi connectivity index (χ2v) is 8.74. The molecule has 0 spiro atoms. The van der Waals surface area contributed by atoms with Gasteiger partial charge in [0.05, 0.1) is 23.1 Å². The van der Waals surface area contributed by atoms with E-state index in [2.05, 4.69) is 10.1 Å². The minimum Gasteiger partial charge on any atom is -0.400 e. The first kappa shape index (κ1) is 19.4. The standard InChI is InChI=1S/C17H21BClN3O3S/c1-11(23)26-10-12(18-24-16(2,3)17(4,5)25-18)8-13-9-20-15-7-6-14(19)21-22(13)15/h6-9H,10H2,1-5H3. The maximum Gasteiger partial charge on any atom is 0.491 e. The number of nitrogens with zero attached hydrogens (tertiary/aromatic N) is 3. The number of thioether (sulfide) groups is 1. The molecule has 3 heterocycles.